The highest BCUT2D eigenvalue weighted by Gasteiger charge is 2.21. The number of oxazole rings is 1. The highest BCUT2D eigenvalue weighted by Crippen LogP contribution is 2.22. The minimum atomic E-state index is -0.00403. The van der Waals surface area contributed by atoms with Gasteiger partial charge in [0.15, 0.2) is 5.96 Å². The van der Waals surface area contributed by atoms with Gasteiger partial charge in [0.25, 0.3) is 0 Å². The van der Waals surface area contributed by atoms with Crippen LogP contribution in [-0.2, 0) is 12.0 Å². The van der Waals surface area contributed by atoms with E-state index in [1.807, 2.05) is 13.2 Å². The SMILES string of the molecule is CN=C(NCc1ncc(C(C)(C)C)o1)N1CCC(C)CC1. The van der Waals surface area contributed by atoms with E-state index < -0.39 is 0 Å². The smallest absolute Gasteiger partial charge is 0.213 e. The van der Waals surface area contributed by atoms with E-state index >= 15 is 0 Å². The molecule has 0 bridgehead atoms. The van der Waals surface area contributed by atoms with Crippen molar-refractivity contribution in [3.63, 3.8) is 0 Å². The lowest BCUT2D eigenvalue weighted by Crippen LogP contribution is -2.45. The molecule has 1 aliphatic rings. The maximum absolute atomic E-state index is 5.80. The first kappa shape index (κ1) is 15.9. The van der Waals surface area contributed by atoms with E-state index in [9.17, 15) is 0 Å². The summed E-state index contributed by atoms with van der Waals surface area (Å²) < 4.78 is 5.80. The fraction of sp³-hybridized carbons (Fsp3) is 0.750. The van der Waals surface area contributed by atoms with E-state index in [0.717, 1.165) is 30.7 Å². The number of piperidine rings is 1. The molecule has 0 atom stereocenters. The molecule has 0 saturated carbocycles. The summed E-state index contributed by atoms with van der Waals surface area (Å²) in [5, 5.41) is 3.35. The fourth-order valence-corrected chi connectivity index (χ4v) is 2.45. The molecule has 0 radical (unpaired) electrons. The van der Waals surface area contributed by atoms with Crippen molar-refractivity contribution in [3.05, 3.63) is 17.8 Å². The van der Waals surface area contributed by atoms with Crippen LogP contribution >= 0.6 is 0 Å². The minimum Gasteiger partial charge on any atom is -0.443 e. The van der Waals surface area contributed by atoms with Gasteiger partial charge in [-0.1, -0.05) is 27.7 Å². The predicted octanol–water partition coefficient (Wildman–Crippen LogP) is 2.78. The molecular weight excluding hydrogens is 264 g/mol. The Balaban J connectivity index is 1.90. The van der Waals surface area contributed by atoms with E-state index in [-0.39, 0.29) is 5.41 Å². The van der Waals surface area contributed by atoms with Gasteiger partial charge in [-0.15, -0.1) is 0 Å². The predicted molar refractivity (Wildman–Crippen MR) is 85.4 cm³/mol. The number of nitrogens with one attached hydrogen (secondary N) is 1. The highest BCUT2D eigenvalue weighted by atomic mass is 16.4. The first-order chi connectivity index (χ1) is 9.90. The van der Waals surface area contributed by atoms with Gasteiger partial charge >= 0.3 is 0 Å². The van der Waals surface area contributed by atoms with Crippen LogP contribution in [0.15, 0.2) is 15.6 Å². The molecule has 1 aliphatic heterocycles. The van der Waals surface area contributed by atoms with Crippen LogP contribution in [0.3, 0.4) is 0 Å². The summed E-state index contributed by atoms with van der Waals surface area (Å²) in [6.45, 7) is 11.4. The molecule has 1 saturated heterocycles. The fourth-order valence-electron chi connectivity index (χ4n) is 2.45. The molecule has 0 aliphatic carbocycles. The van der Waals surface area contributed by atoms with Crippen LogP contribution in [0, 0.1) is 5.92 Å². The Labute approximate surface area is 127 Å². The van der Waals surface area contributed by atoms with E-state index in [1.165, 1.54) is 12.8 Å². The van der Waals surface area contributed by atoms with Crippen LogP contribution in [0.25, 0.3) is 0 Å². The van der Waals surface area contributed by atoms with Gasteiger partial charge < -0.3 is 14.6 Å². The third kappa shape index (κ3) is 4.22. The summed E-state index contributed by atoms with van der Waals surface area (Å²) in [6, 6.07) is 0. The number of hydrogen-bond acceptors (Lipinski definition) is 3. The minimum absolute atomic E-state index is 0.00403. The standard InChI is InChI=1S/C16H28N4O/c1-12-6-8-20(9-7-12)15(17-5)19-11-14-18-10-13(21-14)16(2,3)4/h10,12H,6-9,11H2,1-5H3,(H,17,19). The van der Waals surface area contributed by atoms with Crippen molar-refractivity contribution in [3.8, 4) is 0 Å². The number of nitrogens with zero attached hydrogens (tertiary/aromatic N) is 3. The average molecular weight is 292 g/mol. The summed E-state index contributed by atoms with van der Waals surface area (Å²) in [5.41, 5.74) is -0.00403. The van der Waals surface area contributed by atoms with Gasteiger partial charge in [0.2, 0.25) is 5.89 Å². The molecule has 2 heterocycles. The van der Waals surface area contributed by atoms with Crippen molar-refractivity contribution in [2.45, 2.75) is 52.5 Å². The number of aromatic nitrogens is 1. The second-order valence-electron chi connectivity index (χ2n) is 6.94. The average Bonchev–Trinajstić information content (AvgIpc) is 2.90. The van der Waals surface area contributed by atoms with E-state index in [4.69, 9.17) is 4.42 Å². The normalized spacial score (nSPS) is 18.1. The molecule has 2 rings (SSSR count). The highest BCUT2D eigenvalue weighted by molar-refractivity contribution is 5.79. The Morgan fingerprint density at radius 3 is 2.62 bits per heavy atom. The summed E-state index contributed by atoms with van der Waals surface area (Å²) >= 11 is 0. The Bertz CT molecular complexity index is 479. The molecule has 1 fully saturated rings. The quantitative estimate of drug-likeness (QED) is 0.672. The van der Waals surface area contributed by atoms with Crippen molar-refractivity contribution in [2.24, 2.45) is 10.9 Å². The molecule has 1 aromatic heterocycles. The number of guanidine groups is 1. The zero-order chi connectivity index (χ0) is 15.5. The van der Waals surface area contributed by atoms with Crippen molar-refractivity contribution in [2.75, 3.05) is 20.1 Å². The van der Waals surface area contributed by atoms with Gasteiger partial charge in [0.05, 0.1) is 12.7 Å². The molecular formula is C16H28N4O. The number of hydrogen-bond donors (Lipinski definition) is 1. The summed E-state index contributed by atoms with van der Waals surface area (Å²) in [5.74, 6) is 3.39. The van der Waals surface area contributed by atoms with Gasteiger partial charge in [-0.3, -0.25) is 4.99 Å². The third-order valence-corrected chi connectivity index (χ3v) is 3.99. The van der Waals surface area contributed by atoms with Crippen LogP contribution in [0.1, 0.15) is 52.2 Å². The van der Waals surface area contributed by atoms with E-state index in [1.54, 1.807) is 0 Å². The Hall–Kier alpha value is -1.52. The zero-order valence-corrected chi connectivity index (χ0v) is 13.9. The zero-order valence-electron chi connectivity index (χ0n) is 13.9. The number of aliphatic imine (C=N–C) groups is 1. The Morgan fingerprint density at radius 2 is 2.10 bits per heavy atom. The van der Waals surface area contributed by atoms with Gasteiger partial charge in [-0.25, -0.2) is 4.98 Å². The molecule has 0 aromatic carbocycles. The van der Waals surface area contributed by atoms with Crippen molar-refractivity contribution >= 4 is 5.96 Å². The first-order valence-electron chi connectivity index (χ1n) is 7.81. The molecule has 1 N–H and O–H groups in total. The van der Waals surface area contributed by atoms with E-state index in [2.05, 4.69) is 47.9 Å². The Morgan fingerprint density at radius 1 is 1.43 bits per heavy atom. The van der Waals surface area contributed by atoms with Gasteiger partial charge in [-0.05, 0) is 18.8 Å². The second kappa shape index (κ2) is 6.50. The van der Waals surface area contributed by atoms with Gasteiger partial charge in [0, 0.05) is 25.6 Å². The molecule has 0 spiro atoms. The van der Waals surface area contributed by atoms with Crippen LogP contribution in [0.4, 0.5) is 0 Å². The molecule has 0 unspecified atom stereocenters. The van der Waals surface area contributed by atoms with Crippen molar-refractivity contribution in [1.82, 2.24) is 15.2 Å². The number of rotatable bonds is 2. The van der Waals surface area contributed by atoms with Crippen LogP contribution in [0.2, 0.25) is 0 Å². The lowest BCUT2D eigenvalue weighted by atomic mass is 9.94. The summed E-state index contributed by atoms with van der Waals surface area (Å²) in [4.78, 5) is 11.0. The second-order valence-corrected chi connectivity index (χ2v) is 6.94. The maximum Gasteiger partial charge on any atom is 0.213 e. The molecule has 118 valence electrons. The largest absolute Gasteiger partial charge is 0.443 e. The molecule has 1 aromatic rings. The lowest BCUT2D eigenvalue weighted by molar-refractivity contribution is 0.272. The molecule has 0 amide bonds. The topological polar surface area (TPSA) is 53.7 Å². The maximum atomic E-state index is 5.80. The van der Waals surface area contributed by atoms with Crippen LogP contribution in [0.5, 0.6) is 0 Å². The molecule has 21 heavy (non-hydrogen) atoms. The third-order valence-electron chi connectivity index (χ3n) is 3.99. The lowest BCUT2D eigenvalue weighted by Gasteiger charge is -2.32. The van der Waals surface area contributed by atoms with Crippen molar-refractivity contribution < 1.29 is 4.42 Å². The van der Waals surface area contributed by atoms with Gasteiger partial charge in [-0.2, -0.15) is 0 Å². The van der Waals surface area contributed by atoms with Crippen molar-refractivity contribution in [1.29, 1.82) is 0 Å². The van der Waals surface area contributed by atoms with Crippen LogP contribution in [-0.4, -0.2) is 36.0 Å². The molecule has 5 nitrogen and oxygen atoms in total. The Kier molecular flexibility index (Phi) is 4.91. The monoisotopic (exact) mass is 292 g/mol. The van der Waals surface area contributed by atoms with E-state index in [0.29, 0.717) is 12.4 Å². The summed E-state index contributed by atoms with van der Waals surface area (Å²) in [6.07, 6.45) is 4.28. The number of likely N-dealkylation sites (tertiary alicyclic amines) is 1. The van der Waals surface area contributed by atoms with Crippen LogP contribution < -0.4 is 5.32 Å². The van der Waals surface area contributed by atoms with Gasteiger partial charge in [0.1, 0.15) is 5.76 Å². The summed E-state index contributed by atoms with van der Waals surface area (Å²) in [7, 11) is 1.83. The first-order valence-corrected chi connectivity index (χ1v) is 7.81. The molecule has 5 heteroatoms.